The Hall–Kier alpha value is -4.14. The number of benzene rings is 2. The minimum absolute atomic E-state index is 0.0584. The van der Waals surface area contributed by atoms with Gasteiger partial charge in [-0.3, -0.25) is 10.1 Å². The van der Waals surface area contributed by atoms with Gasteiger partial charge in [-0.15, -0.1) is 0 Å². The first-order chi connectivity index (χ1) is 16.6. The van der Waals surface area contributed by atoms with E-state index in [1.165, 1.54) is 6.08 Å². The number of aromatic nitrogens is 2. The van der Waals surface area contributed by atoms with Gasteiger partial charge in [0.2, 0.25) is 11.7 Å². The summed E-state index contributed by atoms with van der Waals surface area (Å²) in [5.41, 5.74) is 1.20. The molecule has 2 aromatic carbocycles. The first-order valence-electron chi connectivity index (χ1n) is 11.1. The van der Waals surface area contributed by atoms with Gasteiger partial charge in [-0.1, -0.05) is 48.1 Å². The second-order valence-electron chi connectivity index (χ2n) is 7.75. The number of rotatable bonds is 8. The van der Waals surface area contributed by atoms with Crippen molar-refractivity contribution in [1.82, 2.24) is 15.0 Å². The third-order valence-electron chi connectivity index (χ3n) is 5.35. The van der Waals surface area contributed by atoms with E-state index in [1.54, 1.807) is 23.1 Å². The van der Waals surface area contributed by atoms with Crippen LogP contribution in [-0.4, -0.2) is 46.8 Å². The lowest BCUT2D eigenvalue weighted by Crippen LogP contribution is -2.41. The Morgan fingerprint density at radius 1 is 1.18 bits per heavy atom. The standard InChI is InChI=1S/C25H26N4O5/c1-2-15-32-25(31)26-19-10-8-9-18(16-19)23-27-24(34-28-23)21-13-6-7-14-29(21)22(30)17-33-20-11-4-3-5-12-20/h2-5,8-12,16,21H,1,6-7,13-15,17H2,(H,26,31)/t21-/m1/s1. The van der Waals surface area contributed by atoms with Crippen molar-refractivity contribution in [2.75, 3.05) is 25.1 Å². The van der Waals surface area contributed by atoms with Gasteiger partial charge in [0, 0.05) is 17.8 Å². The predicted molar refractivity (Wildman–Crippen MR) is 125 cm³/mol. The van der Waals surface area contributed by atoms with Crippen LogP contribution in [0, 0.1) is 0 Å². The van der Waals surface area contributed by atoms with Crippen LogP contribution in [0.25, 0.3) is 11.4 Å². The summed E-state index contributed by atoms with van der Waals surface area (Å²) in [6.07, 6.45) is 3.50. The monoisotopic (exact) mass is 462 g/mol. The van der Waals surface area contributed by atoms with Crippen molar-refractivity contribution in [3.8, 4) is 17.1 Å². The Bertz CT molecular complexity index is 1130. The summed E-state index contributed by atoms with van der Waals surface area (Å²) in [5, 5.41) is 6.75. The van der Waals surface area contributed by atoms with Crippen LogP contribution in [0.4, 0.5) is 10.5 Å². The molecule has 1 aromatic heterocycles. The molecule has 3 aromatic rings. The number of hydrogen-bond acceptors (Lipinski definition) is 7. The highest BCUT2D eigenvalue weighted by Gasteiger charge is 2.32. The molecule has 2 heterocycles. The molecule has 0 unspecified atom stereocenters. The SMILES string of the molecule is C=CCOC(=O)Nc1cccc(-c2noc([C@H]3CCCCN3C(=O)COc3ccccc3)n2)c1. The van der Waals surface area contributed by atoms with Gasteiger partial charge in [0.25, 0.3) is 5.91 Å². The lowest BCUT2D eigenvalue weighted by atomic mass is 10.0. The molecule has 1 fully saturated rings. The van der Waals surface area contributed by atoms with Gasteiger partial charge in [0.1, 0.15) is 18.4 Å². The average molecular weight is 463 g/mol. The van der Waals surface area contributed by atoms with E-state index < -0.39 is 6.09 Å². The molecule has 0 saturated carbocycles. The predicted octanol–water partition coefficient (Wildman–Crippen LogP) is 4.60. The Labute approximate surface area is 197 Å². The molecule has 1 N–H and O–H groups in total. The van der Waals surface area contributed by atoms with Crippen molar-refractivity contribution >= 4 is 17.7 Å². The lowest BCUT2D eigenvalue weighted by molar-refractivity contribution is -0.138. The fourth-order valence-electron chi connectivity index (χ4n) is 3.74. The quantitative estimate of drug-likeness (QED) is 0.487. The second kappa shape index (κ2) is 11.1. The number of ether oxygens (including phenoxy) is 2. The number of carbonyl (C=O) groups excluding carboxylic acids is 2. The zero-order chi connectivity index (χ0) is 23.8. The van der Waals surface area contributed by atoms with Crippen LogP contribution in [0.2, 0.25) is 0 Å². The van der Waals surface area contributed by atoms with E-state index in [-0.39, 0.29) is 25.2 Å². The van der Waals surface area contributed by atoms with Crippen molar-refractivity contribution in [1.29, 1.82) is 0 Å². The normalized spacial score (nSPS) is 15.4. The molecular weight excluding hydrogens is 436 g/mol. The molecular formula is C25H26N4O5. The summed E-state index contributed by atoms with van der Waals surface area (Å²) in [5.74, 6) is 1.27. The molecule has 1 atom stereocenters. The first kappa shape index (κ1) is 23.0. The highest BCUT2D eigenvalue weighted by atomic mass is 16.5. The molecule has 34 heavy (non-hydrogen) atoms. The Balaban J connectivity index is 1.44. The van der Waals surface area contributed by atoms with E-state index in [0.717, 1.165) is 19.3 Å². The third kappa shape index (κ3) is 5.80. The van der Waals surface area contributed by atoms with Crippen molar-refractivity contribution in [2.45, 2.75) is 25.3 Å². The smallest absolute Gasteiger partial charge is 0.411 e. The summed E-state index contributed by atoms with van der Waals surface area (Å²) in [7, 11) is 0. The van der Waals surface area contributed by atoms with Crippen molar-refractivity contribution in [2.24, 2.45) is 0 Å². The molecule has 0 spiro atoms. The number of carbonyl (C=O) groups is 2. The Kier molecular flexibility index (Phi) is 7.54. The number of nitrogens with one attached hydrogen (secondary N) is 1. The van der Waals surface area contributed by atoms with Gasteiger partial charge >= 0.3 is 6.09 Å². The lowest BCUT2D eigenvalue weighted by Gasteiger charge is -2.33. The zero-order valence-electron chi connectivity index (χ0n) is 18.7. The fourth-order valence-corrected chi connectivity index (χ4v) is 3.74. The maximum atomic E-state index is 12.9. The third-order valence-corrected chi connectivity index (χ3v) is 5.35. The maximum absolute atomic E-state index is 12.9. The van der Waals surface area contributed by atoms with Crippen LogP contribution < -0.4 is 10.1 Å². The summed E-state index contributed by atoms with van der Waals surface area (Å²) in [6, 6.07) is 16.0. The minimum Gasteiger partial charge on any atom is -0.484 e. The maximum Gasteiger partial charge on any atom is 0.411 e. The molecule has 176 valence electrons. The van der Waals surface area contributed by atoms with Gasteiger partial charge in [0.15, 0.2) is 6.61 Å². The van der Waals surface area contributed by atoms with Crippen LogP contribution in [0.3, 0.4) is 0 Å². The molecule has 9 heteroatoms. The summed E-state index contributed by atoms with van der Waals surface area (Å²) >= 11 is 0. The highest BCUT2D eigenvalue weighted by molar-refractivity contribution is 5.85. The van der Waals surface area contributed by atoms with Crippen LogP contribution in [0.1, 0.15) is 31.2 Å². The van der Waals surface area contributed by atoms with E-state index in [2.05, 4.69) is 22.0 Å². The molecule has 4 rings (SSSR count). The minimum atomic E-state index is -0.583. The summed E-state index contributed by atoms with van der Waals surface area (Å²) in [6.45, 7) is 4.17. The number of nitrogens with zero attached hydrogens (tertiary/aromatic N) is 3. The molecule has 1 aliphatic heterocycles. The largest absolute Gasteiger partial charge is 0.484 e. The molecule has 0 aliphatic carbocycles. The van der Waals surface area contributed by atoms with Crippen LogP contribution >= 0.6 is 0 Å². The van der Waals surface area contributed by atoms with Crippen LogP contribution in [0.5, 0.6) is 5.75 Å². The van der Waals surface area contributed by atoms with Crippen molar-refractivity contribution < 1.29 is 23.6 Å². The molecule has 0 radical (unpaired) electrons. The average Bonchev–Trinajstić information content (AvgIpc) is 3.37. The fraction of sp³-hybridized carbons (Fsp3) is 0.280. The van der Waals surface area contributed by atoms with Crippen molar-refractivity contribution in [3.63, 3.8) is 0 Å². The van der Waals surface area contributed by atoms with Crippen molar-refractivity contribution in [3.05, 3.63) is 73.1 Å². The number of likely N-dealkylation sites (tertiary alicyclic amines) is 1. The molecule has 0 bridgehead atoms. The number of anilines is 1. The number of hydrogen-bond donors (Lipinski definition) is 1. The Morgan fingerprint density at radius 2 is 2.03 bits per heavy atom. The van der Waals surface area contributed by atoms with E-state index in [9.17, 15) is 9.59 Å². The molecule has 9 nitrogen and oxygen atoms in total. The van der Waals surface area contributed by atoms with Gasteiger partial charge < -0.3 is 18.9 Å². The molecule has 1 saturated heterocycles. The summed E-state index contributed by atoms with van der Waals surface area (Å²) < 4.78 is 16.1. The number of piperidine rings is 1. The van der Waals surface area contributed by atoms with Gasteiger partial charge in [0.05, 0.1) is 0 Å². The Morgan fingerprint density at radius 3 is 2.85 bits per heavy atom. The summed E-state index contributed by atoms with van der Waals surface area (Å²) in [4.78, 5) is 31.0. The topological polar surface area (TPSA) is 107 Å². The zero-order valence-corrected chi connectivity index (χ0v) is 18.7. The van der Waals surface area contributed by atoms with E-state index >= 15 is 0 Å². The highest BCUT2D eigenvalue weighted by Crippen LogP contribution is 2.31. The van der Waals surface area contributed by atoms with Gasteiger partial charge in [-0.2, -0.15) is 4.98 Å². The number of amides is 2. The van der Waals surface area contributed by atoms with Gasteiger partial charge in [-0.05, 0) is 43.5 Å². The van der Waals surface area contributed by atoms with Gasteiger partial charge in [-0.25, -0.2) is 4.79 Å². The van der Waals surface area contributed by atoms with Crippen LogP contribution in [0.15, 0.2) is 71.8 Å². The molecule has 2 amide bonds. The second-order valence-corrected chi connectivity index (χ2v) is 7.75. The van der Waals surface area contributed by atoms with E-state index in [0.29, 0.717) is 35.3 Å². The van der Waals surface area contributed by atoms with E-state index in [4.69, 9.17) is 14.0 Å². The molecule has 1 aliphatic rings. The van der Waals surface area contributed by atoms with E-state index in [1.807, 2.05) is 36.4 Å². The van der Waals surface area contributed by atoms with Crippen LogP contribution in [-0.2, 0) is 9.53 Å². The first-order valence-corrected chi connectivity index (χ1v) is 11.1. The number of para-hydroxylation sites is 1.